The Morgan fingerprint density at radius 1 is 1.24 bits per heavy atom. The largest absolute Gasteiger partial charge is 0.504 e. The van der Waals surface area contributed by atoms with E-state index in [2.05, 4.69) is 27.6 Å². The first-order valence-electron chi connectivity index (χ1n) is 11.0. The second kappa shape index (κ2) is 8.75. The molecule has 1 aliphatic carbocycles. The van der Waals surface area contributed by atoms with E-state index in [0.717, 1.165) is 25.7 Å². The predicted molar refractivity (Wildman–Crippen MR) is 130 cm³/mol. The maximum absolute atomic E-state index is 12.6. The summed E-state index contributed by atoms with van der Waals surface area (Å²) in [6.07, 6.45) is 6.96. The second-order valence-electron chi connectivity index (χ2n) is 9.26. The number of amides is 1. The van der Waals surface area contributed by atoms with Gasteiger partial charge in [0, 0.05) is 33.5 Å². The van der Waals surface area contributed by atoms with Gasteiger partial charge in [0.05, 0.1) is 16.8 Å². The molecule has 1 atom stereocenters. The molecule has 1 aromatic carbocycles. The highest BCUT2D eigenvalue weighted by molar-refractivity contribution is 6.31. The molecule has 34 heavy (non-hydrogen) atoms. The van der Waals surface area contributed by atoms with E-state index in [-0.39, 0.29) is 28.2 Å². The highest BCUT2D eigenvalue weighted by Crippen LogP contribution is 2.49. The Balaban J connectivity index is 1.70. The van der Waals surface area contributed by atoms with Crippen LogP contribution in [0.25, 0.3) is 0 Å². The minimum absolute atomic E-state index is 0.00778. The molecule has 2 aromatic heterocycles. The van der Waals surface area contributed by atoms with Crippen molar-refractivity contribution in [1.82, 2.24) is 19.7 Å². The fraction of sp³-hybridized carbons (Fsp3) is 0.435. The molecule has 0 spiro atoms. The quantitative estimate of drug-likeness (QED) is 0.435. The van der Waals surface area contributed by atoms with Crippen LogP contribution in [0.5, 0.6) is 5.75 Å². The standard InChI is InChI=1S/C23H27ClN6O4/c1-23(8-5-6-9-23)21(14-12(24)11-30(4)28-14)27-16-15(19(32)20(16)33)26-13-7-10-25-17(18(13)31)22(34)29(2)3/h7,10-11,21,27,31H,5-6,8-9H2,1-4H3,(H,25,26)/t21-/m1/s1. The average molecular weight is 487 g/mol. The van der Waals surface area contributed by atoms with Gasteiger partial charge in [-0.1, -0.05) is 31.4 Å². The Hall–Kier alpha value is -3.40. The van der Waals surface area contributed by atoms with E-state index < -0.39 is 28.6 Å². The summed E-state index contributed by atoms with van der Waals surface area (Å²) in [5.74, 6) is -0.907. The number of hydrogen-bond donors (Lipinski definition) is 3. The van der Waals surface area contributed by atoms with Gasteiger partial charge in [-0.25, -0.2) is 4.98 Å². The van der Waals surface area contributed by atoms with Crippen molar-refractivity contribution in [3.63, 3.8) is 0 Å². The van der Waals surface area contributed by atoms with E-state index in [9.17, 15) is 19.5 Å². The zero-order valence-electron chi connectivity index (χ0n) is 19.5. The topological polar surface area (TPSA) is 129 Å². The lowest BCUT2D eigenvalue weighted by atomic mass is 9.78. The van der Waals surface area contributed by atoms with Crippen molar-refractivity contribution < 1.29 is 9.90 Å². The highest BCUT2D eigenvalue weighted by atomic mass is 35.5. The van der Waals surface area contributed by atoms with Gasteiger partial charge >= 0.3 is 0 Å². The van der Waals surface area contributed by atoms with Crippen LogP contribution in [0.3, 0.4) is 0 Å². The predicted octanol–water partition coefficient (Wildman–Crippen LogP) is 2.95. The van der Waals surface area contributed by atoms with E-state index in [1.807, 2.05) is 0 Å². The van der Waals surface area contributed by atoms with Crippen LogP contribution in [0.2, 0.25) is 5.02 Å². The summed E-state index contributed by atoms with van der Waals surface area (Å²) in [6, 6.07) is 1.03. The summed E-state index contributed by atoms with van der Waals surface area (Å²) >= 11 is 6.47. The summed E-state index contributed by atoms with van der Waals surface area (Å²) in [5, 5.41) is 21.6. The van der Waals surface area contributed by atoms with Gasteiger partial charge in [-0.05, 0) is 24.3 Å². The molecule has 10 nitrogen and oxygen atoms in total. The Labute approximate surface area is 201 Å². The minimum Gasteiger partial charge on any atom is -0.504 e. The molecule has 4 rings (SSSR count). The number of pyridine rings is 1. The molecule has 1 amide bonds. The Morgan fingerprint density at radius 2 is 1.88 bits per heavy atom. The van der Waals surface area contributed by atoms with Crippen molar-refractivity contribution in [2.75, 3.05) is 24.7 Å². The van der Waals surface area contributed by atoms with E-state index in [1.54, 1.807) is 17.9 Å². The second-order valence-corrected chi connectivity index (χ2v) is 9.67. The minimum atomic E-state index is -0.721. The van der Waals surface area contributed by atoms with Gasteiger partial charge in [0.2, 0.25) is 0 Å². The first-order chi connectivity index (χ1) is 16.0. The summed E-state index contributed by atoms with van der Waals surface area (Å²) in [7, 11) is 4.84. The smallest absolute Gasteiger partial charge is 0.275 e. The van der Waals surface area contributed by atoms with Gasteiger partial charge in [0.1, 0.15) is 17.1 Å². The zero-order chi connectivity index (χ0) is 24.8. The van der Waals surface area contributed by atoms with Crippen LogP contribution in [0, 0.1) is 5.41 Å². The molecule has 11 heteroatoms. The SMILES string of the molecule is CN(C)C(=O)c1nccc(Nc2c(N[C@H](c3nn(C)cc3Cl)C3(C)CCCC3)c(=O)c2=O)c1O. The first-order valence-corrected chi connectivity index (χ1v) is 11.4. The van der Waals surface area contributed by atoms with Crippen molar-refractivity contribution in [2.24, 2.45) is 12.5 Å². The maximum Gasteiger partial charge on any atom is 0.275 e. The van der Waals surface area contributed by atoms with E-state index in [1.165, 1.54) is 31.3 Å². The van der Waals surface area contributed by atoms with Crippen LogP contribution < -0.4 is 21.5 Å². The number of halogens is 1. The normalized spacial score (nSPS) is 15.9. The maximum atomic E-state index is 12.6. The number of carbonyl (C=O) groups excluding carboxylic acids is 1. The summed E-state index contributed by atoms with van der Waals surface area (Å²) in [5.41, 5.74) is -0.970. The Morgan fingerprint density at radius 3 is 2.47 bits per heavy atom. The van der Waals surface area contributed by atoms with E-state index >= 15 is 0 Å². The van der Waals surface area contributed by atoms with Crippen molar-refractivity contribution in [3.8, 4) is 5.75 Å². The zero-order valence-corrected chi connectivity index (χ0v) is 20.2. The van der Waals surface area contributed by atoms with Crippen molar-refractivity contribution in [1.29, 1.82) is 0 Å². The fourth-order valence-electron chi connectivity index (χ4n) is 4.57. The highest BCUT2D eigenvalue weighted by Gasteiger charge is 2.42. The number of aryl methyl sites for hydroxylation is 1. The number of rotatable bonds is 7. The average Bonchev–Trinajstić information content (AvgIpc) is 3.38. The van der Waals surface area contributed by atoms with E-state index in [0.29, 0.717) is 10.7 Å². The molecule has 1 aliphatic rings. The molecule has 0 bridgehead atoms. The molecule has 0 aliphatic heterocycles. The van der Waals surface area contributed by atoms with Crippen LogP contribution in [0.15, 0.2) is 28.0 Å². The van der Waals surface area contributed by atoms with Gasteiger partial charge in [0.25, 0.3) is 16.8 Å². The van der Waals surface area contributed by atoms with Gasteiger partial charge in [-0.2, -0.15) is 5.10 Å². The monoisotopic (exact) mass is 486 g/mol. The molecule has 3 aromatic rings. The van der Waals surface area contributed by atoms with Crippen LogP contribution >= 0.6 is 11.6 Å². The Bertz CT molecular complexity index is 1320. The van der Waals surface area contributed by atoms with Crippen molar-refractivity contribution in [3.05, 3.63) is 55.3 Å². The number of nitrogens with zero attached hydrogens (tertiary/aromatic N) is 4. The molecule has 3 N–H and O–H groups in total. The number of aromatic nitrogens is 3. The van der Waals surface area contributed by atoms with Gasteiger partial charge in [-0.3, -0.25) is 19.1 Å². The van der Waals surface area contributed by atoms with Gasteiger partial charge < -0.3 is 20.6 Å². The molecule has 1 fully saturated rings. The number of anilines is 3. The molecule has 0 unspecified atom stereocenters. The Kier molecular flexibility index (Phi) is 6.11. The third-order valence-corrected chi connectivity index (χ3v) is 6.81. The molecule has 1 saturated carbocycles. The molecule has 2 heterocycles. The molecule has 0 radical (unpaired) electrons. The third kappa shape index (κ3) is 4.02. The summed E-state index contributed by atoms with van der Waals surface area (Å²) < 4.78 is 1.62. The molecular formula is C23H27ClN6O4. The van der Waals surface area contributed by atoms with Crippen LogP contribution in [-0.2, 0) is 7.05 Å². The summed E-state index contributed by atoms with van der Waals surface area (Å²) in [4.78, 5) is 42.6. The van der Waals surface area contributed by atoms with Gasteiger partial charge in [-0.15, -0.1) is 0 Å². The number of nitrogens with one attached hydrogen (secondary N) is 2. The third-order valence-electron chi connectivity index (χ3n) is 6.52. The molecule has 0 saturated heterocycles. The molecule has 180 valence electrons. The summed E-state index contributed by atoms with van der Waals surface area (Å²) in [6.45, 7) is 2.12. The van der Waals surface area contributed by atoms with Crippen LogP contribution in [0.4, 0.5) is 17.1 Å². The van der Waals surface area contributed by atoms with Crippen molar-refractivity contribution in [2.45, 2.75) is 38.6 Å². The number of aromatic hydroxyl groups is 1. The number of hydrogen-bond acceptors (Lipinski definition) is 8. The first kappa shape index (κ1) is 23.7. The van der Waals surface area contributed by atoms with Crippen molar-refractivity contribution >= 4 is 34.6 Å². The lowest BCUT2D eigenvalue weighted by Gasteiger charge is -2.35. The van der Waals surface area contributed by atoms with E-state index in [4.69, 9.17) is 11.6 Å². The molecular weight excluding hydrogens is 460 g/mol. The lowest BCUT2D eigenvalue weighted by Crippen LogP contribution is -2.40. The van der Waals surface area contributed by atoms with Crippen LogP contribution in [0.1, 0.15) is 54.8 Å². The lowest BCUT2D eigenvalue weighted by molar-refractivity contribution is 0.0819. The van der Waals surface area contributed by atoms with Gasteiger partial charge in [0.15, 0.2) is 11.4 Å². The fourth-order valence-corrected chi connectivity index (χ4v) is 4.86. The number of carbonyl (C=O) groups is 1. The van der Waals surface area contributed by atoms with Crippen LogP contribution in [-0.4, -0.2) is 44.8 Å².